The second kappa shape index (κ2) is 35.1. The van der Waals surface area contributed by atoms with Crippen LogP contribution in [-0.4, -0.2) is 210 Å². The molecule has 3 N–H and O–H groups in total. The Morgan fingerprint density at radius 1 is 0.366 bits per heavy atom. The van der Waals surface area contributed by atoms with E-state index in [1.54, 1.807) is 131 Å². The summed E-state index contributed by atoms with van der Waals surface area (Å²) in [6.07, 6.45) is 1.86. The molecule has 0 bridgehead atoms. The van der Waals surface area contributed by atoms with E-state index in [4.69, 9.17) is 28.4 Å². The Balaban J connectivity index is 1.09. The fourth-order valence-electron chi connectivity index (χ4n) is 10.8. The van der Waals surface area contributed by atoms with Crippen LogP contribution in [0.1, 0.15) is 19.3 Å². The largest absolute Gasteiger partial charge is 0.497 e. The van der Waals surface area contributed by atoms with Crippen molar-refractivity contribution in [1.82, 2.24) is 0 Å². The Labute approximate surface area is 544 Å². The summed E-state index contributed by atoms with van der Waals surface area (Å²) in [5, 5.41) is 62.8. The van der Waals surface area contributed by atoms with Crippen LogP contribution in [0.15, 0.2) is 158 Å². The topological polar surface area (TPSA) is 272 Å². The second-order valence-corrected chi connectivity index (χ2v) is 24.8. The predicted molar refractivity (Wildman–Crippen MR) is 353 cm³/mol. The lowest BCUT2D eigenvalue weighted by atomic mass is 10.2. The zero-order chi connectivity index (χ0) is 66.8. The average molecular weight is 1290 g/mol. The molecule has 0 aromatic heterocycles. The summed E-state index contributed by atoms with van der Waals surface area (Å²) in [6, 6.07) is 34.8. The van der Waals surface area contributed by atoms with Crippen LogP contribution in [0.3, 0.4) is 0 Å². The van der Waals surface area contributed by atoms with Crippen molar-refractivity contribution in [2.24, 2.45) is 30.7 Å². The molecular formula is C66H93N15O12+6. The first-order valence-corrected chi connectivity index (χ1v) is 31.5. The molecule has 0 radical (unpaired) electrons. The van der Waals surface area contributed by atoms with Gasteiger partial charge >= 0.3 is 17.1 Å². The SMILES string of the molecule is COc1ccc(N=Nc2ccc(OCCC[N+]3(C)CC[NH+](C)CC[NH+](C)CC[NH+](C)CC[N+](C)(CCCOc4ccc(N=Nc5ccc(OC)cc5)cc4[N+](=O)[O-])CC[N+](C)(CCCOc4ccc(N=Nc5ccc(OC)cc5)cc4[N+](=O)[O-])CC3)c([N+](=O)[O-])c2)cc1. The Hall–Kier alpha value is -9.12. The number of quaternary nitrogens is 6. The molecule has 1 fully saturated rings. The summed E-state index contributed by atoms with van der Waals surface area (Å²) < 4.78 is 36.5. The van der Waals surface area contributed by atoms with Gasteiger partial charge in [-0.3, -0.25) is 30.3 Å². The van der Waals surface area contributed by atoms with E-state index in [0.29, 0.717) is 81.7 Å². The summed E-state index contributed by atoms with van der Waals surface area (Å²) in [6.45, 7) is 13.9. The molecule has 7 rings (SSSR count). The molecule has 0 aliphatic carbocycles. The number of rotatable bonds is 27. The van der Waals surface area contributed by atoms with Crippen LogP contribution in [0.4, 0.5) is 51.2 Å². The summed E-state index contributed by atoms with van der Waals surface area (Å²) in [5.41, 5.74) is 2.04. The highest BCUT2D eigenvalue weighted by Gasteiger charge is 2.35. The zero-order valence-corrected chi connectivity index (χ0v) is 55.2. The lowest BCUT2D eigenvalue weighted by Crippen LogP contribution is -3.21. The molecular weight excluding hydrogens is 1190 g/mol. The highest BCUT2D eigenvalue weighted by Crippen LogP contribution is 2.36. The van der Waals surface area contributed by atoms with Crippen LogP contribution >= 0.6 is 0 Å². The maximum Gasteiger partial charge on any atom is 0.313 e. The van der Waals surface area contributed by atoms with Crippen LogP contribution < -0.4 is 43.1 Å². The van der Waals surface area contributed by atoms with Gasteiger partial charge in [-0.25, -0.2) is 0 Å². The smallest absolute Gasteiger partial charge is 0.313 e. The third kappa shape index (κ3) is 23.2. The van der Waals surface area contributed by atoms with Crippen molar-refractivity contribution in [3.63, 3.8) is 0 Å². The molecule has 93 heavy (non-hydrogen) atoms. The van der Waals surface area contributed by atoms with Gasteiger partial charge in [-0.15, -0.1) is 0 Å². The lowest BCUT2D eigenvalue weighted by Gasteiger charge is -2.43. The van der Waals surface area contributed by atoms with E-state index in [1.807, 2.05) is 0 Å². The van der Waals surface area contributed by atoms with E-state index in [9.17, 15) is 30.3 Å². The number of benzene rings is 6. The second-order valence-electron chi connectivity index (χ2n) is 24.8. The van der Waals surface area contributed by atoms with E-state index in [1.165, 1.54) is 32.9 Å². The third-order valence-electron chi connectivity index (χ3n) is 17.3. The number of likely N-dealkylation sites (N-methyl/N-ethyl adjacent to an activating group) is 6. The van der Waals surface area contributed by atoms with Gasteiger partial charge in [0.15, 0.2) is 17.2 Å². The minimum atomic E-state index is -0.470. The highest BCUT2D eigenvalue weighted by atomic mass is 16.6. The molecule has 6 aromatic rings. The summed E-state index contributed by atoms with van der Waals surface area (Å²) in [5.74, 6) is 2.48. The normalized spacial score (nSPS) is 21.2. The van der Waals surface area contributed by atoms with E-state index in [-0.39, 0.29) is 54.1 Å². The molecule has 1 aliphatic heterocycles. The minimum absolute atomic E-state index is 0.141. The van der Waals surface area contributed by atoms with Crippen LogP contribution in [0.25, 0.3) is 0 Å². The number of azo groups is 3. The van der Waals surface area contributed by atoms with Crippen LogP contribution in [-0.2, 0) is 0 Å². The first kappa shape index (κ1) is 71.3. The fraction of sp³-hybridized carbons (Fsp3) is 0.455. The lowest BCUT2D eigenvalue weighted by molar-refractivity contribution is -1.01. The van der Waals surface area contributed by atoms with Crippen molar-refractivity contribution >= 4 is 51.2 Å². The fourth-order valence-corrected chi connectivity index (χ4v) is 10.8. The monoisotopic (exact) mass is 1290 g/mol. The van der Waals surface area contributed by atoms with Crippen LogP contribution in [0.5, 0.6) is 34.5 Å². The van der Waals surface area contributed by atoms with Gasteiger partial charge in [-0.1, -0.05) is 0 Å². The zero-order valence-electron chi connectivity index (χ0n) is 55.2. The van der Waals surface area contributed by atoms with E-state index < -0.39 is 14.8 Å². The molecule has 1 heterocycles. The third-order valence-corrected chi connectivity index (χ3v) is 17.3. The van der Waals surface area contributed by atoms with Crippen molar-refractivity contribution in [3.05, 3.63) is 158 Å². The standard InChI is InChI=1S/C66H90N15O12/c1-73-31-33-74(2)35-40-79(4,37-10-46-91-64-28-19-55(49-61(64)76(82)83)70-67-52-13-22-58(88-7)23-14-52)42-44-81(6,39-12-48-93-66-30-21-57(51-63(66)78(86)87)72-69-54-17-26-60(90-9)27-18-54)45-43-80(5,41-36-75(3)34-32-73)38-11-47-92-65-29-20-56(50-62(65)77(84)85)71-68-53-15-24-59(89-8)25-16-53/h13-30,49-51H,10-12,31-48H2,1-9H3/q+3/p+3. The molecule has 1 aliphatic rings. The Morgan fingerprint density at radius 3 is 0.860 bits per heavy atom. The molecule has 27 nitrogen and oxygen atoms in total. The van der Waals surface area contributed by atoms with Crippen molar-refractivity contribution < 1.29 is 71.3 Å². The number of hydrogen-bond acceptors (Lipinski definition) is 18. The maximum absolute atomic E-state index is 12.5. The number of nitro benzene ring substituents is 3. The number of ether oxygens (including phenoxy) is 6. The van der Waals surface area contributed by atoms with Gasteiger partial charge in [0.2, 0.25) is 0 Å². The van der Waals surface area contributed by atoms with Crippen molar-refractivity contribution in [2.45, 2.75) is 19.3 Å². The molecule has 498 valence electrons. The molecule has 0 spiro atoms. The maximum atomic E-state index is 12.5. The number of nitrogens with one attached hydrogen (secondary N) is 3. The first-order valence-electron chi connectivity index (χ1n) is 31.5. The van der Waals surface area contributed by atoms with Gasteiger partial charge < -0.3 is 56.6 Å². The average Bonchev–Trinajstić information content (AvgIpc) is 1.22. The van der Waals surface area contributed by atoms with Gasteiger partial charge in [0.1, 0.15) is 95.8 Å². The van der Waals surface area contributed by atoms with Gasteiger partial charge in [0.25, 0.3) is 0 Å². The Morgan fingerprint density at radius 2 is 0.602 bits per heavy atom. The van der Waals surface area contributed by atoms with Crippen molar-refractivity contribution in [2.75, 3.05) is 182 Å². The summed E-state index contributed by atoms with van der Waals surface area (Å²) in [4.78, 5) is 40.2. The molecule has 0 saturated carbocycles. The predicted octanol–water partition coefficient (Wildman–Crippen LogP) is 8.29. The van der Waals surface area contributed by atoms with Gasteiger partial charge in [0, 0.05) is 37.5 Å². The van der Waals surface area contributed by atoms with Crippen molar-refractivity contribution in [1.29, 1.82) is 0 Å². The Bertz CT molecular complexity index is 3310. The van der Waals surface area contributed by atoms with Gasteiger partial charge in [-0.05, 0) is 109 Å². The molecule has 27 heteroatoms. The molecule has 4 unspecified atom stereocenters. The highest BCUT2D eigenvalue weighted by molar-refractivity contribution is 5.58. The summed E-state index contributed by atoms with van der Waals surface area (Å²) >= 11 is 0. The molecule has 4 atom stereocenters. The summed E-state index contributed by atoms with van der Waals surface area (Å²) in [7, 11) is 18.4. The number of hydrogen-bond donors (Lipinski definition) is 3. The number of nitro groups is 3. The van der Waals surface area contributed by atoms with Crippen LogP contribution in [0, 0.1) is 30.3 Å². The van der Waals surface area contributed by atoms with E-state index in [2.05, 4.69) is 73.0 Å². The minimum Gasteiger partial charge on any atom is -0.497 e. The van der Waals surface area contributed by atoms with Crippen molar-refractivity contribution in [3.8, 4) is 34.5 Å². The molecule has 6 aromatic carbocycles. The number of methoxy groups -OCH3 is 3. The molecule has 1 saturated heterocycles. The molecule has 0 amide bonds. The van der Waals surface area contributed by atoms with E-state index in [0.717, 1.165) is 101 Å². The number of nitrogens with zero attached hydrogens (tertiary/aromatic N) is 12. The van der Waals surface area contributed by atoms with Crippen LogP contribution in [0.2, 0.25) is 0 Å². The van der Waals surface area contributed by atoms with Gasteiger partial charge in [0.05, 0.1) is 152 Å². The Kier molecular flexibility index (Phi) is 26.9. The van der Waals surface area contributed by atoms with E-state index >= 15 is 0 Å². The quantitative estimate of drug-likeness (QED) is 0.0144. The first-order chi connectivity index (χ1) is 44.6. The van der Waals surface area contributed by atoms with Gasteiger partial charge in [-0.2, -0.15) is 30.7 Å².